The highest BCUT2D eigenvalue weighted by atomic mass is 16.5. The van der Waals surface area contributed by atoms with Gasteiger partial charge in [-0.3, -0.25) is 4.79 Å². The minimum absolute atomic E-state index is 0.328. The van der Waals surface area contributed by atoms with E-state index in [0.29, 0.717) is 23.5 Å². The lowest BCUT2D eigenvalue weighted by molar-refractivity contribution is -0.129. The first-order valence-electron chi connectivity index (χ1n) is 9.64. The van der Waals surface area contributed by atoms with Gasteiger partial charge < -0.3 is 14.8 Å². The first kappa shape index (κ1) is 21.1. The number of para-hydroxylation sites is 1. The molecule has 0 aliphatic carbocycles. The van der Waals surface area contributed by atoms with Gasteiger partial charge >= 0.3 is 5.97 Å². The van der Waals surface area contributed by atoms with Gasteiger partial charge in [0.05, 0.1) is 24.2 Å². The minimum Gasteiger partial charge on any atom is -0.497 e. The van der Waals surface area contributed by atoms with Crippen molar-refractivity contribution in [3.8, 4) is 11.4 Å². The molecule has 0 radical (unpaired) electrons. The van der Waals surface area contributed by atoms with Crippen LogP contribution in [0.2, 0.25) is 0 Å². The van der Waals surface area contributed by atoms with Crippen LogP contribution in [0.3, 0.4) is 0 Å². The van der Waals surface area contributed by atoms with Crippen LogP contribution in [0, 0.1) is 13.8 Å². The van der Waals surface area contributed by atoms with E-state index in [-0.39, 0.29) is 5.91 Å². The van der Waals surface area contributed by atoms with Gasteiger partial charge in [0.2, 0.25) is 0 Å². The van der Waals surface area contributed by atoms with Crippen LogP contribution in [-0.2, 0) is 16.1 Å². The van der Waals surface area contributed by atoms with Gasteiger partial charge in [0, 0.05) is 6.54 Å². The molecule has 2 aromatic carbocycles. The smallest absolute Gasteiger partial charge is 0.342 e. The van der Waals surface area contributed by atoms with Crippen molar-refractivity contribution in [3.63, 3.8) is 0 Å². The number of esters is 1. The zero-order valence-electron chi connectivity index (χ0n) is 17.5. The Morgan fingerprint density at radius 3 is 2.37 bits per heavy atom. The lowest BCUT2D eigenvalue weighted by Gasteiger charge is -2.14. The summed E-state index contributed by atoms with van der Waals surface area (Å²) in [6, 6.07) is 16.9. The van der Waals surface area contributed by atoms with E-state index in [2.05, 4.69) is 10.4 Å². The number of aryl methyl sites for hydroxylation is 1. The number of methoxy groups -OCH3 is 1. The van der Waals surface area contributed by atoms with E-state index < -0.39 is 12.1 Å². The number of carbonyl (C=O) groups excluding carboxylic acids is 2. The van der Waals surface area contributed by atoms with Gasteiger partial charge in [-0.05, 0) is 50.6 Å². The van der Waals surface area contributed by atoms with Crippen molar-refractivity contribution >= 4 is 11.9 Å². The van der Waals surface area contributed by atoms with Crippen LogP contribution in [0.4, 0.5) is 0 Å². The molecule has 30 heavy (non-hydrogen) atoms. The molecule has 3 aromatic rings. The number of hydrogen-bond donors (Lipinski definition) is 1. The molecule has 0 saturated heterocycles. The normalized spacial score (nSPS) is 11.6. The van der Waals surface area contributed by atoms with Crippen LogP contribution < -0.4 is 10.1 Å². The van der Waals surface area contributed by atoms with Crippen LogP contribution in [0.1, 0.15) is 34.2 Å². The zero-order chi connectivity index (χ0) is 21.7. The highest BCUT2D eigenvalue weighted by molar-refractivity contribution is 5.94. The summed E-state index contributed by atoms with van der Waals surface area (Å²) in [4.78, 5) is 25.1. The third-order valence-electron chi connectivity index (χ3n) is 4.78. The number of benzene rings is 2. The second-order valence-corrected chi connectivity index (χ2v) is 6.91. The number of hydrogen-bond acceptors (Lipinski definition) is 5. The van der Waals surface area contributed by atoms with Crippen LogP contribution in [0.5, 0.6) is 5.75 Å². The second kappa shape index (κ2) is 9.26. The first-order chi connectivity index (χ1) is 14.4. The monoisotopic (exact) mass is 407 g/mol. The number of nitrogens with zero attached hydrogens (tertiary/aromatic N) is 2. The maximum Gasteiger partial charge on any atom is 0.342 e. The lowest BCUT2D eigenvalue weighted by atomic mass is 10.2. The number of aromatic nitrogens is 2. The maximum atomic E-state index is 12.7. The predicted octanol–water partition coefficient (Wildman–Crippen LogP) is 3.36. The van der Waals surface area contributed by atoms with Crippen molar-refractivity contribution in [2.45, 2.75) is 33.4 Å². The summed E-state index contributed by atoms with van der Waals surface area (Å²) >= 11 is 0. The molecule has 0 aliphatic rings. The minimum atomic E-state index is -0.936. The Morgan fingerprint density at radius 1 is 1.07 bits per heavy atom. The fourth-order valence-electron chi connectivity index (χ4n) is 3.11. The van der Waals surface area contributed by atoms with E-state index in [9.17, 15) is 9.59 Å². The van der Waals surface area contributed by atoms with E-state index in [1.54, 1.807) is 32.6 Å². The number of carbonyl (C=O) groups is 2. The third kappa shape index (κ3) is 4.68. The Kier molecular flexibility index (Phi) is 6.51. The SMILES string of the molecule is COc1ccc(CNC(=O)[C@H](C)OC(=O)c2c(C)nn(-c3ccccc3)c2C)cc1. The Morgan fingerprint density at radius 2 is 1.73 bits per heavy atom. The van der Waals surface area contributed by atoms with Gasteiger partial charge in [-0.25, -0.2) is 9.48 Å². The summed E-state index contributed by atoms with van der Waals surface area (Å²) in [5.74, 6) is -0.196. The Labute approximate surface area is 175 Å². The number of ether oxygens (including phenoxy) is 2. The van der Waals surface area contributed by atoms with Gasteiger partial charge in [-0.2, -0.15) is 5.10 Å². The lowest BCUT2D eigenvalue weighted by Crippen LogP contribution is -2.35. The van der Waals surface area contributed by atoms with E-state index >= 15 is 0 Å². The average molecular weight is 407 g/mol. The molecule has 7 nitrogen and oxygen atoms in total. The van der Waals surface area contributed by atoms with Gasteiger partial charge in [-0.15, -0.1) is 0 Å². The maximum absolute atomic E-state index is 12.7. The Balaban J connectivity index is 1.63. The van der Waals surface area contributed by atoms with Crippen molar-refractivity contribution in [2.75, 3.05) is 7.11 Å². The molecule has 1 aromatic heterocycles. The quantitative estimate of drug-likeness (QED) is 0.608. The van der Waals surface area contributed by atoms with Gasteiger partial charge in [0.1, 0.15) is 11.3 Å². The van der Waals surface area contributed by atoms with Crippen molar-refractivity contribution in [3.05, 3.63) is 77.1 Å². The topological polar surface area (TPSA) is 82.4 Å². The molecule has 3 rings (SSSR count). The van der Waals surface area contributed by atoms with Crippen LogP contribution in [0.25, 0.3) is 5.69 Å². The van der Waals surface area contributed by atoms with Crippen molar-refractivity contribution in [1.29, 1.82) is 0 Å². The molecular weight excluding hydrogens is 382 g/mol. The largest absolute Gasteiger partial charge is 0.497 e. The number of amides is 1. The van der Waals surface area contributed by atoms with Crippen molar-refractivity contribution < 1.29 is 19.1 Å². The highest BCUT2D eigenvalue weighted by Crippen LogP contribution is 2.19. The molecule has 0 unspecified atom stereocenters. The molecule has 1 heterocycles. The molecule has 0 bridgehead atoms. The van der Waals surface area contributed by atoms with Crippen molar-refractivity contribution in [2.24, 2.45) is 0 Å². The molecule has 1 atom stereocenters. The molecule has 1 amide bonds. The fraction of sp³-hybridized carbons (Fsp3) is 0.261. The average Bonchev–Trinajstić information content (AvgIpc) is 3.06. The molecule has 0 aliphatic heterocycles. The molecular formula is C23H25N3O4. The summed E-state index contributed by atoms with van der Waals surface area (Å²) in [5.41, 5.74) is 3.34. The summed E-state index contributed by atoms with van der Waals surface area (Å²) in [6.45, 7) is 5.43. The standard InChI is InChI=1S/C23H25N3O4/c1-15-21(16(2)26(25-15)19-8-6-5-7-9-19)23(28)30-17(3)22(27)24-14-18-10-12-20(29-4)13-11-18/h5-13,17H,14H2,1-4H3,(H,24,27)/t17-/m0/s1. The highest BCUT2D eigenvalue weighted by Gasteiger charge is 2.25. The Bertz CT molecular complexity index is 1030. The zero-order valence-corrected chi connectivity index (χ0v) is 17.5. The third-order valence-corrected chi connectivity index (χ3v) is 4.78. The summed E-state index contributed by atoms with van der Waals surface area (Å²) in [7, 11) is 1.60. The fourth-order valence-corrected chi connectivity index (χ4v) is 3.11. The summed E-state index contributed by atoms with van der Waals surface area (Å²) in [6.07, 6.45) is -0.936. The van der Waals surface area contributed by atoms with Crippen LogP contribution >= 0.6 is 0 Å². The van der Waals surface area contributed by atoms with E-state index in [1.165, 1.54) is 0 Å². The molecule has 7 heteroatoms. The summed E-state index contributed by atoms with van der Waals surface area (Å²) in [5, 5.41) is 7.22. The van der Waals surface area contributed by atoms with E-state index in [4.69, 9.17) is 9.47 Å². The molecule has 156 valence electrons. The predicted molar refractivity (Wildman–Crippen MR) is 113 cm³/mol. The van der Waals surface area contributed by atoms with Crippen LogP contribution in [0.15, 0.2) is 54.6 Å². The van der Waals surface area contributed by atoms with E-state index in [1.807, 2.05) is 54.6 Å². The molecule has 0 fully saturated rings. The van der Waals surface area contributed by atoms with Gasteiger partial charge in [0.15, 0.2) is 6.10 Å². The Hall–Kier alpha value is -3.61. The molecule has 1 N–H and O–H groups in total. The van der Waals surface area contributed by atoms with Crippen LogP contribution in [-0.4, -0.2) is 34.9 Å². The molecule has 0 saturated carbocycles. The van der Waals surface area contributed by atoms with E-state index in [0.717, 1.165) is 17.0 Å². The first-order valence-corrected chi connectivity index (χ1v) is 9.64. The van der Waals surface area contributed by atoms with Crippen molar-refractivity contribution in [1.82, 2.24) is 15.1 Å². The molecule has 0 spiro atoms. The number of nitrogens with one attached hydrogen (secondary N) is 1. The van der Waals surface area contributed by atoms with Gasteiger partial charge in [0.25, 0.3) is 5.91 Å². The number of rotatable bonds is 7. The summed E-state index contributed by atoms with van der Waals surface area (Å²) < 4.78 is 12.2. The second-order valence-electron chi connectivity index (χ2n) is 6.91. The van der Waals surface area contributed by atoms with Gasteiger partial charge in [-0.1, -0.05) is 30.3 Å².